The Kier molecular flexibility index (Phi) is 4.80. The summed E-state index contributed by atoms with van der Waals surface area (Å²) in [6.07, 6.45) is 1.80. The Bertz CT molecular complexity index is 538. The highest BCUT2D eigenvalue weighted by Gasteiger charge is 2.30. The normalized spacial score (nSPS) is 20.5. The first-order valence-corrected chi connectivity index (χ1v) is 7.03. The number of aryl methyl sites for hydroxylation is 1. The summed E-state index contributed by atoms with van der Waals surface area (Å²) in [5.74, 6) is -1.05. The maximum absolute atomic E-state index is 11.9. The lowest BCUT2D eigenvalue weighted by atomic mass is 9.89. The Balaban J connectivity index is 1.92. The lowest BCUT2D eigenvalue weighted by molar-refractivity contribution is -0.00673. The van der Waals surface area contributed by atoms with Crippen molar-refractivity contribution in [2.75, 3.05) is 11.9 Å². The standard InChI is InChI=1S/C15H20N2O4/c1-3-21-11-7-10(8-11)16-15(20)17-12-6-4-5-9(2)13(12)14(18)19/h4-6,10-11H,3,7-8H2,1-2H3,(H,18,19)(H2,16,17,20). The van der Waals surface area contributed by atoms with Gasteiger partial charge in [0, 0.05) is 12.6 Å². The molecule has 0 bridgehead atoms. The maximum Gasteiger partial charge on any atom is 0.338 e. The summed E-state index contributed by atoms with van der Waals surface area (Å²) in [6.45, 7) is 4.32. The zero-order chi connectivity index (χ0) is 15.4. The van der Waals surface area contributed by atoms with Crippen molar-refractivity contribution in [2.24, 2.45) is 0 Å². The predicted molar refractivity (Wildman–Crippen MR) is 78.7 cm³/mol. The van der Waals surface area contributed by atoms with Crippen LogP contribution in [0.4, 0.5) is 10.5 Å². The van der Waals surface area contributed by atoms with Crippen LogP contribution in [0.15, 0.2) is 18.2 Å². The van der Waals surface area contributed by atoms with Gasteiger partial charge in [0.25, 0.3) is 0 Å². The summed E-state index contributed by atoms with van der Waals surface area (Å²) in [5.41, 5.74) is 1.04. The average molecular weight is 292 g/mol. The quantitative estimate of drug-likeness (QED) is 0.777. The van der Waals surface area contributed by atoms with Gasteiger partial charge in [-0.15, -0.1) is 0 Å². The molecule has 0 aromatic heterocycles. The van der Waals surface area contributed by atoms with Crippen molar-refractivity contribution >= 4 is 17.7 Å². The van der Waals surface area contributed by atoms with Crippen molar-refractivity contribution in [2.45, 2.75) is 38.8 Å². The van der Waals surface area contributed by atoms with Crippen LogP contribution in [-0.4, -0.2) is 35.9 Å². The predicted octanol–water partition coefficient (Wildman–Crippen LogP) is 2.38. The second kappa shape index (κ2) is 6.58. The van der Waals surface area contributed by atoms with E-state index in [4.69, 9.17) is 4.74 Å². The number of amides is 2. The number of carboxylic acids is 1. The van der Waals surface area contributed by atoms with E-state index in [1.165, 1.54) is 0 Å². The fraction of sp³-hybridized carbons (Fsp3) is 0.467. The number of carbonyl (C=O) groups excluding carboxylic acids is 1. The molecule has 1 saturated carbocycles. The third kappa shape index (κ3) is 3.72. The van der Waals surface area contributed by atoms with Crippen molar-refractivity contribution in [3.05, 3.63) is 29.3 Å². The van der Waals surface area contributed by atoms with E-state index in [0.717, 1.165) is 12.8 Å². The fourth-order valence-corrected chi connectivity index (χ4v) is 2.45. The van der Waals surface area contributed by atoms with Crippen LogP contribution in [0.3, 0.4) is 0 Å². The van der Waals surface area contributed by atoms with Crippen LogP contribution in [0.2, 0.25) is 0 Å². The molecular weight excluding hydrogens is 272 g/mol. The minimum absolute atomic E-state index is 0.0830. The van der Waals surface area contributed by atoms with E-state index in [9.17, 15) is 14.7 Å². The van der Waals surface area contributed by atoms with Crippen LogP contribution in [-0.2, 0) is 4.74 Å². The van der Waals surface area contributed by atoms with Gasteiger partial charge in [0.2, 0.25) is 0 Å². The topological polar surface area (TPSA) is 87.7 Å². The van der Waals surface area contributed by atoms with Gasteiger partial charge in [-0.1, -0.05) is 12.1 Å². The summed E-state index contributed by atoms with van der Waals surface area (Å²) in [5, 5.41) is 14.6. The number of nitrogens with one attached hydrogen (secondary N) is 2. The monoisotopic (exact) mass is 292 g/mol. The first-order valence-electron chi connectivity index (χ1n) is 7.03. The van der Waals surface area contributed by atoms with Crippen LogP contribution < -0.4 is 10.6 Å². The van der Waals surface area contributed by atoms with Gasteiger partial charge in [0.1, 0.15) is 0 Å². The second-order valence-electron chi connectivity index (χ2n) is 5.15. The average Bonchev–Trinajstić information content (AvgIpc) is 2.35. The summed E-state index contributed by atoms with van der Waals surface area (Å²) < 4.78 is 5.42. The number of urea groups is 1. The maximum atomic E-state index is 11.9. The third-order valence-corrected chi connectivity index (χ3v) is 3.57. The Labute approximate surface area is 123 Å². The summed E-state index contributed by atoms with van der Waals surface area (Å²) in [7, 11) is 0. The second-order valence-corrected chi connectivity index (χ2v) is 5.15. The number of ether oxygens (including phenoxy) is 1. The van der Waals surface area contributed by atoms with Gasteiger partial charge < -0.3 is 20.5 Å². The SMILES string of the molecule is CCOC1CC(NC(=O)Nc2cccc(C)c2C(=O)O)C1. The highest BCUT2D eigenvalue weighted by atomic mass is 16.5. The number of hydrogen-bond acceptors (Lipinski definition) is 3. The molecule has 1 aromatic rings. The lowest BCUT2D eigenvalue weighted by Gasteiger charge is -2.35. The van der Waals surface area contributed by atoms with Gasteiger partial charge in [-0.05, 0) is 38.3 Å². The lowest BCUT2D eigenvalue weighted by Crippen LogP contribution is -2.49. The molecule has 1 aromatic carbocycles. The molecule has 0 spiro atoms. The number of benzene rings is 1. The van der Waals surface area contributed by atoms with E-state index < -0.39 is 5.97 Å². The number of anilines is 1. The van der Waals surface area contributed by atoms with Crippen molar-refractivity contribution in [1.29, 1.82) is 0 Å². The molecule has 2 amide bonds. The van der Waals surface area contributed by atoms with Gasteiger partial charge in [-0.25, -0.2) is 9.59 Å². The molecule has 1 aliphatic rings. The fourth-order valence-electron chi connectivity index (χ4n) is 2.45. The first kappa shape index (κ1) is 15.3. The Morgan fingerprint density at radius 1 is 1.38 bits per heavy atom. The molecule has 0 atom stereocenters. The third-order valence-electron chi connectivity index (χ3n) is 3.57. The smallest absolute Gasteiger partial charge is 0.338 e. The Hall–Kier alpha value is -2.08. The number of carboxylic acid groups (broad SMARTS) is 1. The van der Waals surface area contributed by atoms with Gasteiger partial charge in [0.05, 0.1) is 17.4 Å². The van der Waals surface area contributed by atoms with E-state index in [1.54, 1.807) is 25.1 Å². The number of aromatic carboxylic acids is 1. The van der Waals surface area contributed by atoms with Gasteiger partial charge in [-0.3, -0.25) is 0 Å². The highest BCUT2D eigenvalue weighted by Crippen LogP contribution is 2.24. The largest absolute Gasteiger partial charge is 0.478 e. The molecule has 114 valence electrons. The van der Waals surface area contributed by atoms with Gasteiger partial charge >= 0.3 is 12.0 Å². The van der Waals surface area contributed by atoms with Crippen LogP contribution in [0.25, 0.3) is 0 Å². The first-order chi connectivity index (χ1) is 10.0. The van der Waals surface area contributed by atoms with Crippen molar-refractivity contribution in [1.82, 2.24) is 5.32 Å². The van der Waals surface area contributed by atoms with Crippen LogP contribution in [0.5, 0.6) is 0 Å². The molecule has 0 saturated heterocycles. The Morgan fingerprint density at radius 3 is 2.71 bits per heavy atom. The van der Waals surface area contributed by atoms with E-state index in [1.807, 2.05) is 6.92 Å². The minimum Gasteiger partial charge on any atom is -0.478 e. The zero-order valence-electron chi connectivity index (χ0n) is 12.2. The molecule has 6 heteroatoms. The van der Waals surface area contributed by atoms with E-state index in [0.29, 0.717) is 17.9 Å². The van der Waals surface area contributed by atoms with E-state index in [-0.39, 0.29) is 23.7 Å². The highest BCUT2D eigenvalue weighted by molar-refractivity contribution is 6.01. The molecule has 0 radical (unpaired) electrons. The van der Waals surface area contributed by atoms with Gasteiger partial charge in [-0.2, -0.15) is 0 Å². The molecule has 6 nitrogen and oxygen atoms in total. The molecule has 0 unspecified atom stereocenters. The Morgan fingerprint density at radius 2 is 2.10 bits per heavy atom. The van der Waals surface area contributed by atoms with E-state index in [2.05, 4.69) is 10.6 Å². The van der Waals surface area contributed by atoms with Crippen LogP contribution >= 0.6 is 0 Å². The molecule has 2 rings (SSSR count). The van der Waals surface area contributed by atoms with Crippen LogP contribution in [0, 0.1) is 6.92 Å². The van der Waals surface area contributed by atoms with Gasteiger partial charge in [0.15, 0.2) is 0 Å². The molecular formula is C15H20N2O4. The number of carbonyl (C=O) groups is 2. The molecule has 1 aliphatic carbocycles. The molecule has 0 aliphatic heterocycles. The molecule has 1 fully saturated rings. The van der Waals surface area contributed by atoms with Crippen molar-refractivity contribution in [3.8, 4) is 0 Å². The summed E-state index contributed by atoms with van der Waals surface area (Å²) in [6, 6.07) is 4.69. The molecule has 0 heterocycles. The summed E-state index contributed by atoms with van der Waals surface area (Å²) >= 11 is 0. The molecule has 3 N–H and O–H groups in total. The van der Waals surface area contributed by atoms with Crippen LogP contribution in [0.1, 0.15) is 35.7 Å². The van der Waals surface area contributed by atoms with Crippen molar-refractivity contribution < 1.29 is 19.4 Å². The van der Waals surface area contributed by atoms with E-state index >= 15 is 0 Å². The number of rotatable bonds is 5. The number of hydrogen-bond donors (Lipinski definition) is 3. The zero-order valence-corrected chi connectivity index (χ0v) is 12.2. The molecule has 21 heavy (non-hydrogen) atoms. The minimum atomic E-state index is -1.05. The summed E-state index contributed by atoms with van der Waals surface area (Å²) in [4.78, 5) is 23.2. The van der Waals surface area contributed by atoms with Crippen molar-refractivity contribution in [3.63, 3.8) is 0 Å².